The Morgan fingerprint density at radius 2 is 1.62 bits per heavy atom. The second-order valence-electron chi connectivity index (χ2n) is 3.85. The second kappa shape index (κ2) is 4.45. The lowest BCUT2D eigenvalue weighted by Gasteiger charge is -2.20. The molecule has 13 heavy (non-hydrogen) atoms. The first kappa shape index (κ1) is 8.80. The number of benzene rings is 1. The maximum atomic E-state index is 3.58. The molecule has 0 bridgehead atoms. The summed E-state index contributed by atoms with van der Waals surface area (Å²) in [7, 11) is 0. The van der Waals surface area contributed by atoms with E-state index in [0.717, 1.165) is 5.92 Å². The van der Waals surface area contributed by atoms with Crippen LogP contribution in [0.25, 0.3) is 0 Å². The number of hydrogen-bond acceptors (Lipinski definition) is 0. The fourth-order valence-corrected chi connectivity index (χ4v) is 2.02. The zero-order chi connectivity index (χ0) is 8.93. The molecule has 1 fully saturated rings. The van der Waals surface area contributed by atoms with Crippen molar-refractivity contribution in [3.63, 3.8) is 0 Å². The highest BCUT2D eigenvalue weighted by molar-refractivity contribution is 5.23. The minimum absolute atomic E-state index is 0.719. The Morgan fingerprint density at radius 1 is 0.923 bits per heavy atom. The molecule has 0 heteroatoms. The largest absolute Gasteiger partial charge is 0.0622 e. The van der Waals surface area contributed by atoms with E-state index in [-0.39, 0.29) is 0 Å². The molecule has 0 saturated heterocycles. The van der Waals surface area contributed by atoms with Crippen LogP contribution in [0.5, 0.6) is 0 Å². The van der Waals surface area contributed by atoms with Crippen molar-refractivity contribution in [1.82, 2.24) is 0 Å². The van der Waals surface area contributed by atoms with E-state index in [1.54, 1.807) is 0 Å². The summed E-state index contributed by atoms with van der Waals surface area (Å²) in [6, 6.07) is 10.5. The average molecular weight is 172 g/mol. The molecular formula is C13H16. The Balaban J connectivity index is 1.90. The highest BCUT2D eigenvalue weighted by Gasteiger charge is 2.13. The SMILES string of the molecule is [C](c1ccccc1)C1CCCCC1. The van der Waals surface area contributed by atoms with Gasteiger partial charge in [0.1, 0.15) is 0 Å². The van der Waals surface area contributed by atoms with Gasteiger partial charge in [-0.05, 0) is 24.3 Å². The maximum Gasteiger partial charge on any atom is 0.0198 e. The molecule has 1 aliphatic carbocycles. The molecule has 0 amide bonds. The summed E-state index contributed by atoms with van der Waals surface area (Å²) in [5, 5.41) is 0. The van der Waals surface area contributed by atoms with E-state index in [1.807, 2.05) is 0 Å². The molecule has 2 rings (SSSR count). The van der Waals surface area contributed by atoms with Crippen molar-refractivity contribution in [1.29, 1.82) is 0 Å². The molecule has 0 N–H and O–H groups in total. The second-order valence-corrected chi connectivity index (χ2v) is 3.85. The van der Waals surface area contributed by atoms with Crippen LogP contribution in [0.1, 0.15) is 37.7 Å². The fraction of sp³-hybridized carbons (Fsp3) is 0.462. The average Bonchev–Trinajstić information content (AvgIpc) is 2.21. The molecule has 2 radical (unpaired) electrons. The minimum atomic E-state index is 0.719. The fourth-order valence-electron chi connectivity index (χ4n) is 2.02. The molecule has 0 heterocycles. The Kier molecular flexibility index (Phi) is 3.02. The summed E-state index contributed by atoms with van der Waals surface area (Å²) in [4.78, 5) is 0. The lowest BCUT2D eigenvalue weighted by molar-refractivity contribution is 0.403. The Labute approximate surface area is 81.0 Å². The van der Waals surface area contributed by atoms with E-state index in [0.29, 0.717) is 0 Å². The quantitative estimate of drug-likeness (QED) is 0.638. The van der Waals surface area contributed by atoms with Gasteiger partial charge in [0.15, 0.2) is 0 Å². The molecular weight excluding hydrogens is 156 g/mol. The van der Waals surface area contributed by atoms with Gasteiger partial charge in [-0.15, -0.1) is 0 Å². The van der Waals surface area contributed by atoms with E-state index < -0.39 is 0 Å². The van der Waals surface area contributed by atoms with Crippen LogP contribution in [-0.4, -0.2) is 0 Å². The predicted octanol–water partition coefficient (Wildman–Crippen LogP) is 3.70. The highest BCUT2D eigenvalue weighted by atomic mass is 14.2. The standard InChI is InChI=1S/C13H16/c1-3-7-12(8-4-1)11-13-9-5-2-6-10-13/h1,3-4,7-8,13H,2,5-6,9-10H2. The summed E-state index contributed by atoms with van der Waals surface area (Å²) in [5.41, 5.74) is 1.27. The molecule has 0 unspecified atom stereocenters. The van der Waals surface area contributed by atoms with Crippen LogP contribution in [-0.2, 0) is 0 Å². The van der Waals surface area contributed by atoms with Crippen LogP contribution in [0.4, 0.5) is 0 Å². The molecule has 1 aromatic carbocycles. The Hall–Kier alpha value is -0.780. The molecule has 0 aliphatic heterocycles. The van der Waals surface area contributed by atoms with E-state index in [1.165, 1.54) is 37.7 Å². The summed E-state index contributed by atoms with van der Waals surface area (Å²) in [6.45, 7) is 0. The van der Waals surface area contributed by atoms with Crippen LogP contribution in [0.3, 0.4) is 0 Å². The third-order valence-electron chi connectivity index (χ3n) is 2.75. The Morgan fingerprint density at radius 3 is 2.31 bits per heavy atom. The smallest absolute Gasteiger partial charge is 0.0198 e. The first-order valence-corrected chi connectivity index (χ1v) is 5.27. The molecule has 0 atom stereocenters. The molecule has 0 aromatic heterocycles. The van der Waals surface area contributed by atoms with Crippen molar-refractivity contribution in [2.45, 2.75) is 32.1 Å². The van der Waals surface area contributed by atoms with Crippen molar-refractivity contribution >= 4 is 0 Å². The van der Waals surface area contributed by atoms with Crippen molar-refractivity contribution in [3.05, 3.63) is 42.3 Å². The lowest BCUT2D eigenvalue weighted by Crippen LogP contribution is -2.07. The number of rotatable bonds is 2. The zero-order valence-corrected chi connectivity index (χ0v) is 8.00. The van der Waals surface area contributed by atoms with Gasteiger partial charge in [0, 0.05) is 6.42 Å². The van der Waals surface area contributed by atoms with E-state index in [2.05, 4.69) is 36.8 Å². The van der Waals surface area contributed by atoms with Gasteiger partial charge in [-0.3, -0.25) is 0 Å². The van der Waals surface area contributed by atoms with Crippen molar-refractivity contribution in [2.24, 2.45) is 5.92 Å². The van der Waals surface area contributed by atoms with Crippen LogP contribution in [0.15, 0.2) is 30.3 Å². The van der Waals surface area contributed by atoms with E-state index >= 15 is 0 Å². The lowest BCUT2D eigenvalue weighted by atomic mass is 9.85. The van der Waals surface area contributed by atoms with Gasteiger partial charge in [0.2, 0.25) is 0 Å². The van der Waals surface area contributed by atoms with Crippen molar-refractivity contribution < 1.29 is 0 Å². The topological polar surface area (TPSA) is 0 Å². The molecule has 1 aromatic rings. The molecule has 1 saturated carbocycles. The van der Waals surface area contributed by atoms with Crippen molar-refractivity contribution in [2.75, 3.05) is 0 Å². The molecule has 68 valence electrons. The summed E-state index contributed by atoms with van der Waals surface area (Å²) < 4.78 is 0. The minimum Gasteiger partial charge on any atom is -0.0622 e. The van der Waals surface area contributed by atoms with Gasteiger partial charge < -0.3 is 0 Å². The number of hydrogen-bond donors (Lipinski definition) is 0. The van der Waals surface area contributed by atoms with Crippen LogP contribution in [0, 0.1) is 12.3 Å². The van der Waals surface area contributed by atoms with E-state index in [4.69, 9.17) is 0 Å². The monoisotopic (exact) mass is 172 g/mol. The Bertz CT molecular complexity index is 231. The molecule has 0 spiro atoms. The highest BCUT2D eigenvalue weighted by Crippen LogP contribution is 2.27. The zero-order valence-electron chi connectivity index (χ0n) is 8.00. The summed E-state index contributed by atoms with van der Waals surface area (Å²) in [6.07, 6.45) is 10.5. The van der Waals surface area contributed by atoms with Gasteiger partial charge in [-0.25, -0.2) is 0 Å². The van der Waals surface area contributed by atoms with Gasteiger partial charge in [-0.1, -0.05) is 49.6 Å². The third-order valence-corrected chi connectivity index (χ3v) is 2.75. The van der Waals surface area contributed by atoms with Gasteiger partial charge in [0.05, 0.1) is 0 Å². The van der Waals surface area contributed by atoms with Crippen molar-refractivity contribution in [3.8, 4) is 0 Å². The van der Waals surface area contributed by atoms with Gasteiger partial charge in [0.25, 0.3) is 0 Å². The predicted molar refractivity (Wildman–Crippen MR) is 55.4 cm³/mol. The third kappa shape index (κ3) is 2.58. The maximum absolute atomic E-state index is 3.58. The first-order valence-electron chi connectivity index (χ1n) is 5.27. The van der Waals surface area contributed by atoms with Gasteiger partial charge in [-0.2, -0.15) is 0 Å². The van der Waals surface area contributed by atoms with Crippen LogP contribution in [0.2, 0.25) is 0 Å². The summed E-state index contributed by atoms with van der Waals surface area (Å²) >= 11 is 0. The van der Waals surface area contributed by atoms with E-state index in [9.17, 15) is 0 Å². The van der Waals surface area contributed by atoms with Crippen LogP contribution < -0.4 is 0 Å². The molecule has 0 nitrogen and oxygen atoms in total. The normalized spacial score (nSPS) is 18.8. The molecule has 1 aliphatic rings. The van der Waals surface area contributed by atoms with Gasteiger partial charge >= 0.3 is 0 Å². The summed E-state index contributed by atoms with van der Waals surface area (Å²) in [5.74, 6) is 0.719. The first-order chi connectivity index (χ1) is 6.45. The van der Waals surface area contributed by atoms with Crippen LogP contribution >= 0.6 is 0 Å².